The van der Waals surface area contributed by atoms with E-state index in [0.29, 0.717) is 0 Å². The average Bonchev–Trinajstić information content (AvgIpc) is 2.15. The summed E-state index contributed by atoms with van der Waals surface area (Å²) in [5, 5.41) is 8.72. The van der Waals surface area contributed by atoms with Crippen LogP contribution in [-0.2, 0) is 4.74 Å². The highest BCUT2D eigenvalue weighted by atomic mass is 16.5. The fraction of sp³-hybridized carbons (Fsp3) is 1.00. The molecule has 14 heavy (non-hydrogen) atoms. The van der Waals surface area contributed by atoms with Crippen LogP contribution in [0.1, 0.15) is 32.6 Å². The molecule has 0 atom stereocenters. The van der Waals surface area contributed by atoms with Gasteiger partial charge in [-0.05, 0) is 6.42 Å². The molecule has 0 aliphatic rings. The first-order valence-corrected chi connectivity index (χ1v) is 5.63. The molecule has 0 saturated carbocycles. The van der Waals surface area contributed by atoms with Gasteiger partial charge in [-0.3, -0.25) is 0 Å². The molecule has 0 rings (SSSR count). The molecule has 3 nitrogen and oxygen atoms in total. The van der Waals surface area contributed by atoms with E-state index < -0.39 is 0 Å². The van der Waals surface area contributed by atoms with Crippen LogP contribution < -0.4 is 0 Å². The van der Waals surface area contributed by atoms with Gasteiger partial charge in [-0.15, -0.1) is 0 Å². The molecular formula is C11H26NO2+. The van der Waals surface area contributed by atoms with Gasteiger partial charge in [0.2, 0.25) is 0 Å². The second-order valence-corrected chi connectivity index (χ2v) is 4.48. The van der Waals surface area contributed by atoms with Crippen molar-refractivity contribution < 1.29 is 14.3 Å². The zero-order valence-corrected chi connectivity index (χ0v) is 9.96. The SMILES string of the molecule is CCCCCOC[N+](C)(C)CCCO. The molecule has 1 N–H and O–H groups in total. The number of hydrogen-bond donors (Lipinski definition) is 1. The highest BCUT2D eigenvalue weighted by Gasteiger charge is 2.13. The smallest absolute Gasteiger partial charge is 0.182 e. The highest BCUT2D eigenvalue weighted by molar-refractivity contribution is 4.35. The Morgan fingerprint density at radius 3 is 2.43 bits per heavy atom. The second kappa shape index (κ2) is 8.21. The first kappa shape index (κ1) is 13.9. The second-order valence-electron chi connectivity index (χ2n) is 4.48. The lowest BCUT2D eigenvalue weighted by Gasteiger charge is -2.28. The molecule has 0 aromatic carbocycles. The molecule has 0 fully saturated rings. The zero-order chi connectivity index (χ0) is 10.9. The van der Waals surface area contributed by atoms with Crippen molar-refractivity contribution in [2.75, 3.05) is 40.6 Å². The molecular weight excluding hydrogens is 178 g/mol. The van der Waals surface area contributed by atoms with E-state index in [9.17, 15) is 0 Å². The molecule has 0 aliphatic heterocycles. The van der Waals surface area contributed by atoms with Crippen molar-refractivity contribution in [3.8, 4) is 0 Å². The normalized spacial score (nSPS) is 12.0. The Balaban J connectivity index is 3.35. The molecule has 0 heterocycles. The van der Waals surface area contributed by atoms with Crippen LogP contribution in [0, 0.1) is 0 Å². The number of nitrogens with zero attached hydrogens (tertiary/aromatic N) is 1. The fourth-order valence-electron chi connectivity index (χ4n) is 1.33. The monoisotopic (exact) mass is 204 g/mol. The Bertz CT molecular complexity index is 126. The van der Waals surface area contributed by atoms with Gasteiger partial charge >= 0.3 is 0 Å². The van der Waals surface area contributed by atoms with Crippen molar-refractivity contribution in [2.45, 2.75) is 32.6 Å². The summed E-state index contributed by atoms with van der Waals surface area (Å²) in [6, 6.07) is 0. The van der Waals surface area contributed by atoms with E-state index in [0.717, 1.165) is 37.2 Å². The van der Waals surface area contributed by atoms with E-state index >= 15 is 0 Å². The van der Waals surface area contributed by atoms with Crippen molar-refractivity contribution in [1.82, 2.24) is 0 Å². The van der Waals surface area contributed by atoms with E-state index in [1.807, 2.05) is 0 Å². The molecule has 0 spiro atoms. The summed E-state index contributed by atoms with van der Waals surface area (Å²) in [4.78, 5) is 0. The van der Waals surface area contributed by atoms with Crippen LogP contribution >= 0.6 is 0 Å². The average molecular weight is 204 g/mol. The van der Waals surface area contributed by atoms with E-state index in [1.54, 1.807) is 0 Å². The number of ether oxygens (including phenoxy) is 1. The van der Waals surface area contributed by atoms with E-state index in [4.69, 9.17) is 9.84 Å². The number of rotatable bonds is 9. The lowest BCUT2D eigenvalue weighted by Crippen LogP contribution is -2.42. The molecule has 0 radical (unpaired) electrons. The van der Waals surface area contributed by atoms with Crippen LogP contribution in [0.5, 0.6) is 0 Å². The lowest BCUT2D eigenvalue weighted by molar-refractivity contribution is -0.909. The summed E-state index contributed by atoms with van der Waals surface area (Å²) in [6.07, 6.45) is 4.51. The Hall–Kier alpha value is -0.120. The van der Waals surface area contributed by atoms with Crippen LogP contribution in [0.2, 0.25) is 0 Å². The van der Waals surface area contributed by atoms with E-state index in [1.165, 1.54) is 12.8 Å². The number of unbranched alkanes of at least 4 members (excludes halogenated alkanes) is 2. The predicted molar refractivity (Wildman–Crippen MR) is 59.0 cm³/mol. The van der Waals surface area contributed by atoms with Gasteiger partial charge in [0.25, 0.3) is 0 Å². The van der Waals surface area contributed by atoms with Gasteiger partial charge in [0.15, 0.2) is 6.73 Å². The van der Waals surface area contributed by atoms with Gasteiger partial charge in [0.05, 0.1) is 27.2 Å². The largest absolute Gasteiger partial charge is 0.396 e. The van der Waals surface area contributed by atoms with Crippen LogP contribution in [-0.4, -0.2) is 50.2 Å². The molecule has 0 aliphatic carbocycles. The predicted octanol–water partition coefficient (Wildman–Crippen LogP) is 1.61. The fourth-order valence-corrected chi connectivity index (χ4v) is 1.33. The molecule has 0 bridgehead atoms. The summed E-state index contributed by atoms with van der Waals surface area (Å²) in [7, 11) is 4.27. The Morgan fingerprint density at radius 2 is 1.86 bits per heavy atom. The molecule has 0 unspecified atom stereocenters. The van der Waals surface area contributed by atoms with Crippen molar-refractivity contribution >= 4 is 0 Å². The number of aliphatic hydroxyl groups is 1. The Labute approximate surface area is 88.3 Å². The third-order valence-electron chi connectivity index (χ3n) is 2.25. The van der Waals surface area contributed by atoms with Crippen LogP contribution in [0.15, 0.2) is 0 Å². The summed E-state index contributed by atoms with van der Waals surface area (Å²) in [5.74, 6) is 0. The van der Waals surface area contributed by atoms with Gasteiger partial charge in [0, 0.05) is 13.0 Å². The Morgan fingerprint density at radius 1 is 1.14 bits per heavy atom. The first-order valence-electron chi connectivity index (χ1n) is 5.63. The van der Waals surface area contributed by atoms with Gasteiger partial charge in [-0.25, -0.2) is 0 Å². The topological polar surface area (TPSA) is 29.5 Å². The number of hydrogen-bond acceptors (Lipinski definition) is 2. The maximum absolute atomic E-state index is 8.72. The van der Waals surface area contributed by atoms with Crippen molar-refractivity contribution in [1.29, 1.82) is 0 Å². The minimum Gasteiger partial charge on any atom is -0.396 e. The maximum atomic E-state index is 8.72. The maximum Gasteiger partial charge on any atom is 0.182 e. The number of quaternary nitrogens is 1. The molecule has 0 aromatic heterocycles. The van der Waals surface area contributed by atoms with Gasteiger partial charge in [-0.1, -0.05) is 19.8 Å². The minimum atomic E-state index is 0.275. The van der Waals surface area contributed by atoms with Crippen molar-refractivity contribution in [3.63, 3.8) is 0 Å². The molecule has 0 aromatic rings. The summed E-state index contributed by atoms with van der Waals surface area (Å²) in [6.45, 7) is 5.07. The van der Waals surface area contributed by atoms with Crippen LogP contribution in [0.25, 0.3) is 0 Å². The number of aliphatic hydroxyl groups excluding tert-OH is 1. The van der Waals surface area contributed by atoms with Gasteiger partial charge < -0.3 is 14.3 Å². The van der Waals surface area contributed by atoms with Crippen LogP contribution in [0.3, 0.4) is 0 Å². The third kappa shape index (κ3) is 8.48. The van der Waals surface area contributed by atoms with Crippen molar-refractivity contribution in [2.24, 2.45) is 0 Å². The molecule has 0 amide bonds. The summed E-state index contributed by atoms with van der Waals surface area (Å²) >= 11 is 0. The molecule has 3 heteroatoms. The standard InChI is InChI=1S/C11H26NO2/c1-4-5-6-10-14-11-12(2,3)8-7-9-13/h13H,4-11H2,1-3H3/q+1. The van der Waals surface area contributed by atoms with Gasteiger partial charge in [-0.2, -0.15) is 0 Å². The Kier molecular flexibility index (Phi) is 8.14. The lowest BCUT2D eigenvalue weighted by atomic mass is 10.3. The molecule has 0 saturated heterocycles. The van der Waals surface area contributed by atoms with E-state index in [-0.39, 0.29) is 6.61 Å². The summed E-state index contributed by atoms with van der Waals surface area (Å²) < 4.78 is 6.43. The third-order valence-corrected chi connectivity index (χ3v) is 2.25. The first-order chi connectivity index (χ1) is 6.62. The summed E-state index contributed by atoms with van der Waals surface area (Å²) in [5.41, 5.74) is 0. The van der Waals surface area contributed by atoms with Crippen molar-refractivity contribution in [3.05, 3.63) is 0 Å². The van der Waals surface area contributed by atoms with Crippen LogP contribution in [0.4, 0.5) is 0 Å². The van der Waals surface area contributed by atoms with E-state index in [2.05, 4.69) is 21.0 Å². The quantitative estimate of drug-likeness (QED) is 0.351. The minimum absolute atomic E-state index is 0.275. The van der Waals surface area contributed by atoms with Gasteiger partial charge in [0.1, 0.15) is 0 Å². The molecule has 86 valence electrons. The zero-order valence-electron chi connectivity index (χ0n) is 9.96. The highest BCUT2D eigenvalue weighted by Crippen LogP contribution is 2.01.